The highest BCUT2D eigenvalue weighted by Crippen LogP contribution is 2.32. The van der Waals surface area contributed by atoms with Crippen molar-refractivity contribution in [1.29, 1.82) is 0 Å². The molecule has 2 aromatic carbocycles. The van der Waals surface area contributed by atoms with Crippen molar-refractivity contribution in [2.24, 2.45) is 0 Å². The molecule has 0 unspecified atom stereocenters. The highest BCUT2D eigenvalue weighted by Gasteiger charge is 2.28. The predicted molar refractivity (Wildman–Crippen MR) is 98.0 cm³/mol. The molecule has 0 aromatic heterocycles. The molecule has 4 rings (SSSR count). The Labute approximate surface area is 157 Å². The maximum Gasteiger partial charge on any atom is 0.262 e. The highest BCUT2D eigenvalue weighted by molar-refractivity contribution is 7.92. The molecule has 0 atom stereocenters. The van der Waals surface area contributed by atoms with E-state index in [-0.39, 0.29) is 21.5 Å². The van der Waals surface area contributed by atoms with Crippen LogP contribution in [0.2, 0.25) is 0 Å². The maximum absolute atomic E-state index is 12.6. The zero-order chi connectivity index (χ0) is 19.1. The number of fused-ring (bicyclic) bond motifs is 1. The lowest BCUT2D eigenvalue weighted by molar-refractivity contribution is 0.171. The summed E-state index contributed by atoms with van der Waals surface area (Å²) in [4.78, 5) is 0.121. The zero-order valence-electron chi connectivity index (χ0n) is 14.2. The first-order valence-corrected chi connectivity index (χ1v) is 11.3. The van der Waals surface area contributed by atoms with Crippen molar-refractivity contribution >= 4 is 25.7 Å². The summed E-state index contributed by atoms with van der Waals surface area (Å²) in [6.45, 7) is 0.775. The molecule has 0 saturated heterocycles. The van der Waals surface area contributed by atoms with E-state index in [2.05, 4.69) is 9.44 Å². The summed E-state index contributed by atoms with van der Waals surface area (Å²) in [5.41, 5.74) is 0.260. The van der Waals surface area contributed by atoms with Crippen molar-refractivity contribution < 1.29 is 26.3 Å². The molecule has 2 N–H and O–H groups in total. The minimum atomic E-state index is -3.85. The van der Waals surface area contributed by atoms with E-state index in [0.29, 0.717) is 24.7 Å². The molecule has 27 heavy (non-hydrogen) atoms. The fourth-order valence-corrected chi connectivity index (χ4v) is 4.97. The molecule has 1 fully saturated rings. The van der Waals surface area contributed by atoms with Crippen LogP contribution in [0.4, 0.5) is 5.69 Å². The lowest BCUT2D eigenvalue weighted by atomic mass is 10.3. The van der Waals surface area contributed by atoms with E-state index in [9.17, 15) is 16.8 Å². The van der Waals surface area contributed by atoms with Crippen LogP contribution in [0.3, 0.4) is 0 Å². The van der Waals surface area contributed by atoms with Crippen molar-refractivity contribution in [3.8, 4) is 11.5 Å². The topological polar surface area (TPSA) is 111 Å². The lowest BCUT2D eigenvalue weighted by Gasteiger charge is -2.19. The molecule has 2 aliphatic rings. The van der Waals surface area contributed by atoms with E-state index in [0.717, 1.165) is 12.8 Å². The fourth-order valence-electron chi connectivity index (χ4n) is 2.60. The minimum Gasteiger partial charge on any atom is -0.486 e. The second-order valence-corrected chi connectivity index (χ2v) is 9.73. The van der Waals surface area contributed by atoms with Gasteiger partial charge in [-0.25, -0.2) is 21.6 Å². The Kier molecular flexibility index (Phi) is 4.49. The van der Waals surface area contributed by atoms with Crippen molar-refractivity contribution in [3.63, 3.8) is 0 Å². The maximum atomic E-state index is 12.6. The van der Waals surface area contributed by atoms with Gasteiger partial charge in [-0.1, -0.05) is 0 Å². The van der Waals surface area contributed by atoms with Gasteiger partial charge in [0.15, 0.2) is 11.5 Å². The predicted octanol–water partition coefficient (Wildman–Crippen LogP) is 1.70. The molecule has 10 heteroatoms. The Morgan fingerprint density at radius 2 is 1.41 bits per heavy atom. The van der Waals surface area contributed by atoms with Crippen molar-refractivity contribution in [2.45, 2.75) is 28.7 Å². The van der Waals surface area contributed by atoms with Gasteiger partial charge >= 0.3 is 0 Å². The standard InChI is InChI=1S/C17H18N2O6S2/c20-26(21,18-12-1-2-12)14-5-3-13(4-6-14)19-27(22,23)15-7-8-16-17(11-15)25-10-9-24-16/h3-8,11-12,18-19H,1-2,9-10H2. The summed E-state index contributed by atoms with van der Waals surface area (Å²) in [6.07, 6.45) is 1.68. The third-order valence-electron chi connectivity index (χ3n) is 4.14. The van der Waals surface area contributed by atoms with E-state index in [4.69, 9.17) is 9.47 Å². The van der Waals surface area contributed by atoms with Crippen LogP contribution in [0.15, 0.2) is 52.3 Å². The minimum absolute atomic E-state index is 0.00314. The van der Waals surface area contributed by atoms with Gasteiger partial charge in [0.1, 0.15) is 13.2 Å². The number of sulfonamides is 2. The summed E-state index contributed by atoms with van der Waals surface area (Å²) in [5, 5.41) is 0. The Morgan fingerprint density at radius 1 is 0.778 bits per heavy atom. The summed E-state index contributed by atoms with van der Waals surface area (Å²) in [6, 6.07) is 9.93. The van der Waals surface area contributed by atoms with E-state index in [1.54, 1.807) is 6.07 Å². The monoisotopic (exact) mass is 410 g/mol. The molecule has 0 spiro atoms. The van der Waals surface area contributed by atoms with Crippen LogP contribution in [0.5, 0.6) is 11.5 Å². The summed E-state index contributed by atoms with van der Waals surface area (Å²) >= 11 is 0. The average Bonchev–Trinajstić information content (AvgIpc) is 3.45. The Morgan fingerprint density at radius 3 is 2.07 bits per heavy atom. The number of anilines is 1. The molecule has 1 aliphatic heterocycles. The third kappa shape index (κ3) is 4.02. The van der Waals surface area contributed by atoms with Crippen LogP contribution in [0, 0.1) is 0 Å². The molecule has 1 heterocycles. The van der Waals surface area contributed by atoms with E-state index in [1.807, 2.05) is 0 Å². The van der Waals surface area contributed by atoms with Gasteiger partial charge in [0.25, 0.3) is 10.0 Å². The third-order valence-corrected chi connectivity index (χ3v) is 7.06. The van der Waals surface area contributed by atoms with Gasteiger partial charge in [-0.2, -0.15) is 0 Å². The van der Waals surface area contributed by atoms with E-state index < -0.39 is 20.0 Å². The van der Waals surface area contributed by atoms with E-state index in [1.165, 1.54) is 36.4 Å². The molecule has 1 saturated carbocycles. The van der Waals surface area contributed by atoms with Crippen LogP contribution in [-0.4, -0.2) is 36.1 Å². The van der Waals surface area contributed by atoms with Gasteiger partial charge in [0.2, 0.25) is 10.0 Å². The molecule has 8 nitrogen and oxygen atoms in total. The molecule has 0 bridgehead atoms. The number of benzene rings is 2. The zero-order valence-corrected chi connectivity index (χ0v) is 15.8. The number of rotatable bonds is 6. The quantitative estimate of drug-likeness (QED) is 0.750. The molecule has 2 aromatic rings. The van der Waals surface area contributed by atoms with Crippen LogP contribution in [-0.2, 0) is 20.0 Å². The largest absolute Gasteiger partial charge is 0.486 e. The number of ether oxygens (including phenoxy) is 2. The van der Waals surface area contributed by atoms with Gasteiger partial charge < -0.3 is 9.47 Å². The van der Waals surface area contributed by atoms with Gasteiger partial charge in [0.05, 0.1) is 9.79 Å². The van der Waals surface area contributed by atoms with Crippen LogP contribution in [0.25, 0.3) is 0 Å². The van der Waals surface area contributed by atoms with Crippen LogP contribution < -0.4 is 18.9 Å². The SMILES string of the molecule is O=S(=O)(Nc1ccc(S(=O)(=O)NC2CC2)cc1)c1ccc2c(c1)OCCO2. The summed E-state index contributed by atoms with van der Waals surface area (Å²) < 4.78 is 65.3. The van der Waals surface area contributed by atoms with Gasteiger partial charge in [-0.05, 0) is 49.2 Å². The van der Waals surface area contributed by atoms with Crippen LogP contribution >= 0.6 is 0 Å². The first kappa shape index (κ1) is 18.1. The van der Waals surface area contributed by atoms with Crippen molar-refractivity contribution in [1.82, 2.24) is 4.72 Å². The number of hydrogen-bond donors (Lipinski definition) is 2. The second kappa shape index (κ2) is 6.70. The van der Waals surface area contributed by atoms with Crippen LogP contribution in [0.1, 0.15) is 12.8 Å². The molecular weight excluding hydrogens is 392 g/mol. The normalized spacial score (nSPS) is 16.7. The van der Waals surface area contributed by atoms with Gasteiger partial charge in [-0.15, -0.1) is 0 Å². The van der Waals surface area contributed by atoms with Crippen molar-refractivity contribution in [3.05, 3.63) is 42.5 Å². The second-order valence-electron chi connectivity index (χ2n) is 6.33. The number of nitrogens with one attached hydrogen (secondary N) is 2. The molecule has 0 radical (unpaired) electrons. The number of hydrogen-bond acceptors (Lipinski definition) is 6. The van der Waals surface area contributed by atoms with Crippen molar-refractivity contribution in [2.75, 3.05) is 17.9 Å². The Bertz CT molecular complexity index is 1060. The molecule has 0 amide bonds. The molecular formula is C17H18N2O6S2. The molecule has 144 valence electrons. The summed E-state index contributed by atoms with van der Waals surface area (Å²) in [5.74, 6) is 0.870. The fraction of sp³-hybridized carbons (Fsp3) is 0.294. The average molecular weight is 410 g/mol. The highest BCUT2D eigenvalue weighted by atomic mass is 32.2. The smallest absolute Gasteiger partial charge is 0.262 e. The van der Waals surface area contributed by atoms with Gasteiger partial charge in [0, 0.05) is 17.8 Å². The molecule has 1 aliphatic carbocycles. The first-order chi connectivity index (χ1) is 12.8. The lowest BCUT2D eigenvalue weighted by Crippen LogP contribution is -2.25. The van der Waals surface area contributed by atoms with Gasteiger partial charge in [-0.3, -0.25) is 4.72 Å². The van der Waals surface area contributed by atoms with E-state index >= 15 is 0 Å². The first-order valence-electron chi connectivity index (χ1n) is 8.38. The Hall–Kier alpha value is -2.30. The summed E-state index contributed by atoms with van der Waals surface area (Å²) in [7, 11) is -7.43. The Balaban J connectivity index is 1.52.